The predicted octanol–water partition coefficient (Wildman–Crippen LogP) is 8.87. The smallest absolute Gasteiger partial charge is 0.408 e. The molecule has 95 heavy (non-hydrogen) atoms. The van der Waals surface area contributed by atoms with Gasteiger partial charge in [0.2, 0.25) is 23.6 Å². The van der Waals surface area contributed by atoms with Gasteiger partial charge < -0.3 is 51.0 Å². The highest BCUT2D eigenvalue weighted by Crippen LogP contribution is 2.34. The molecule has 0 bridgehead atoms. The van der Waals surface area contributed by atoms with Gasteiger partial charge in [-0.3, -0.25) is 48.1 Å². The number of anilines is 1. The number of nitrogens with zero attached hydrogens (tertiary/aromatic N) is 4. The van der Waals surface area contributed by atoms with Crippen LogP contribution < -0.4 is 27.0 Å². The summed E-state index contributed by atoms with van der Waals surface area (Å²) in [4.78, 5) is 156. The molecule has 2 aromatic carbocycles. The standard InChI is InChI=1S/C71H103N9O14S/c1-13-46(6)64(57(92-11)42-62(87)79-36-21-25-54(79)65(93-12)47(7)55(81)40-51(67-73-34-37-95-67)38-48-22-16-14-17-23-48)78(10)68(89)53(44(2)3)41-58(83)71(8,9)77-70(91)94-43-49-27-29-52(30-28-49)75-66(88)50(24-20-33-74-69(72)90)39-56(82)63(45(4)5)76-59(84)26-18-15-19-35-80-60(85)31-32-61(80)86/h14,16-17,22-23,27-32,34,37,44-47,50-51,53-54,57,63-65H,13,15,18-21,24-26,33,35-36,38-43H2,1-12H3,(H,75,88)(H,76,84)(H,77,91)(H3,72,74,90)/t46-,47-,50+,51+,53-,54-,57+,63-,64-,65+/m0/s1. The van der Waals surface area contributed by atoms with Gasteiger partial charge in [0.15, 0.2) is 11.6 Å². The zero-order chi connectivity index (χ0) is 70.1. The van der Waals surface area contributed by atoms with E-state index in [0.29, 0.717) is 62.7 Å². The molecule has 522 valence electrons. The Bertz CT molecular complexity index is 3070. The highest BCUT2D eigenvalue weighted by molar-refractivity contribution is 7.09. The molecule has 24 heteroatoms. The van der Waals surface area contributed by atoms with E-state index < -0.39 is 71.4 Å². The number of unbranched alkanes of at least 4 members (excludes halogenated alkanes) is 2. The molecule has 0 radical (unpaired) electrons. The molecule has 9 amide bonds. The van der Waals surface area contributed by atoms with Gasteiger partial charge in [-0.25, -0.2) is 14.6 Å². The van der Waals surface area contributed by atoms with Crippen molar-refractivity contribution in [2.24, 2.45) is 41.2 Å². The van der Waals surface area contributed by atoms with Gasteiger partial charge in [0, 0.05) is 120 Å². The molecule has 23 nitrogen and oxygen atoms in total. The van der Waals surface area contributed by atoms with Crippen LogP contribution in [-0.2, 0) is 70.4 Å². The summed E-state index contributed by atoms with van der Waals surface area (Å²) in [6, 6.07) is 14.0. The molecule has 6 N–H and O–H groups in total. The third-order valence-corrected chi connectivity index (χ3v) is 19.5. The number of hydrogen-bond acceptors (Lipinski definition) is 16. The average Bonchev–Trinajstić information content (AvgIpc) is 1.79. The summed E-state index contributed by atoms with van der Waals surface area (Å²) in [7, 11) is 4.80. The fourth-order valence-electron chi connectivity index (χ4n) is 12.6. The zero-order valence-electron chi connectivity index (χ0n) is 57.7. The first-order valence-corrected chi connectivity index (χ1v) is 34.3. The minimum absolute atomic E-state index is 0.0337. The van der Waals surface area contributed by atoms with Crippen LogP contribution in [0.25, 0.3) is 0 Å². The van der Waals surface area contributed by atoms with E-state index in [4.69, 9.17) is 19.9 Å². The number of likely N-dealkylation sites (tertiary alicyclic amines) is 1. The molecule has 5 rings (SSSR count). The summed E-state index contributed by atoms with van der Waals surface area (Å²) in [5.74, 6) is -5.80. The molecule has 10 atom stereocenters. The van der Waals surface area contributed by atoms with Gasteiger partial charge in [0.05, 0.1) is 47.3 Å². The first-order chi connectivity index (χ1) is 45.1. The molecule has 0 spiro atoms. The number of benzene rings is 2. The van der Waals surface area contributed by atoms with Gasteiger partial charge in [0.25, 0.3) is 11.8 Å². The van der Waals surface area contributed by atoms with Gasteiger partial charge in [-0.05, 0) is 99.8 Å². The lowest BCUT2D eigenvalue weighted by molar-refractivity contribution is -0.149. The van der Waals surface area contributed by atoms with Crippen LogP contribution >= 0.6 is 11.3 Å². The average molecular weight is 1340 g/mol. The Hall–Kier alpha value is -7.70. The number of hydrogen-bond donors (Lipinski definition) is 5. The van der Waals surface area contributed by atoms with Crippen molar-refractivity contribution in [1.82, 2.24) is 35.6 Å². The summed E-state index contributed by atoms with van der Waals surface area (Å²) in [5, 5.41) is 13.7. The molecule has 2 aliphatic heterocycles. The second-order valence-corrected chi connectivity index (χ2v) is 27.5. The maximum Gasteiger partial charge on any atom is 0.408 e. The van der Waals surface area contributed by atoms with Crippen LogP contribution in [0.4, 0.5) is 15.3 Å². The molecular weight excluding hydrogens is 1230 g/mol. The Morgan fingerprint density at radius 1 is 0.811 bits per heavy atom. The number of ether oxygens (including phenoxy) is 3. The van der Waals surface area contributed by atoms with E-state index in [0.717, 1.165) is 21.9 Å². The monoisotopic (exact) mass is 1340 g/mol. The van der Waals surface area contributed by atoms with Crippen LogP contribution in [0.1, 0.15) is 168 Å². The zero-order valence-corrected chi connectivity index (χ0v) is 58.5. The summed E-state index contributed by atoms with van der Waals surface area (Å²) < 4.78 is 17.8. The molecule has 3 aromatic rings. The van der Waals surface area contributed by atoms with E-state index >= 15 is 0 Å². The molecule has 3 heterocycles. The summed E-state index contributed by atoms with van der Waals surface area (Å²) in [6.45, 7) is 16.9. The number of likely N-dealkylation sites (N-methyl/N-ethyl adjacent to an activating group) is 1. The lowest BCUT2D eigenvalue weighted by atomic mass is 9.83. The number of primary amides is 1. The van der Waals surface area contributed by atoms with Crippen molar-refractivity contribution in [3.63, 3.8) is 0 Å². The lowest BCUT2D eigenvalue weighted by Gasteiger charge is -2.41. The van der Waals surface area contributed by atoms with E-state index in [1.807, 2.05) is 63.1 Å². The molecule has 1 saturated heterocycles. The fourth-order valence-corrected chi connectivity index (χ4v) is 13.4. The van der Waals surface area contributed by atoms with Crippen molar-refractivity contribution in [3.8, 4) is 0 Å². The number of urea groups is 1. The number of rotatable bonds is 41. The molecule has 1 aromatic heterocycles. The van der Waals surface area contributed by atoms with Crippen molar-refractivity contribution in [3.05, 3.63) is 94.5 Å². The SMILES string of the molecule is CC[C@H](C)[C@@H]([C@@H](CC(=O)N1CCC[C@H]1[C@H](OC)[C@@H](C)C(=O)C[C@@H](Cc1ccccc1)c1nccs1)OC)N(C)C(=O)[C@@H](CC(=O)C(C)(C)NC(=O)OCc1ccc(NC(=O)[C@H](CCCNC(N)=O)CC(=O)[C@@H](NC(=O)CCCCCN2C(=O)C=CC2=O)C(C)C)cc1)C(C)C. The number of ketones is 3. The molecule has 1 fully saturated rings. The Labute approximate surface area is 564 Å². The van der Waals surface area contributed by atoms with Gasteiger partial charge in [-0.1, -0.05) is 104 Å². The van der Waals surface area contributed by atoms with Gasteiger partial charge >= 0.3 is 12.1 Å². The second kappa shape index (κ2) is 38.1. The van der Waals surface area contributed by atoms with Crippen LogP contribution in [0.3, 0.4) is 0 Å². The normalized spacial score (nSPS) is 16.9. The Kier molecular flexibility index (Phi) is 31.3. The van der Waals surface area contributed by atoms with Gasteiger partial charge in [0.1, 0.15) is 12.4 Å². The highest BCUT2D eigenvalue weighted by atomic mass is 32.1. The van der Waals surface area contributed by atoms with Gasteiger partial charge in [-0.2, -0.15) is 0 Å². The van der Waals surface area contributed by atoms with Crippen LogP contribution in [-0.4, -0.2) is 161 Å². The number of methoxy groups -OCH3 is 2. The van der Waals surface area contributed by atoms with Crippen LogP contribution in [0, 0.1) is 35.5 Å². The van der Waals surface area contributed by atoms with Crippen molar-refractivity contribution in [2.75, 3.05) is 46.2 Å². The van der Waals surface area contributed by atoms with E-state index in [2.05, 4.69) is 38.4 Å². The minimum Gasteiger partial charge on any atom is -0.445 e. The van der Waals surface area contributed by atoms with Crippen molar-refractivity contribution in [1.29, 1.82) is 0 Å². The highest BCUT2D eigenvalue weighted by Gasteiger charge is 2.44. The van der Waals surface area contributed by atoms with E-state index in [9.17, 15) is 52.7 Å². The van der Waals surface area contributed by atoms with Crippen LogP contribution in [0.15, 0.2) is 78.3 Å². The first kappa shape index (κ1) is 78.0. The first-order valence-electron chi connectivity index (χ1n) is 33.5. The number of aromatic nitrogens is 1. The molecule has 0 unspecified atom stereocenters. The van der Waals surface area contributed by atoms with Crippen molar-refractivity contribution >= 4 is 81.9 Å². The summed E-state index contributed by atoms with van der Waals surface area (Å²) >= 11 is 1.53. The Balaban J connectivity index is 1.15. The number of carbonyl (C=O) groups excluding carboxylic acids is 11. The summed E-state index contributed by atoms with van der Waals surface area (Å²) in [6.07, 6.45) is 6.74. The molecular formula is C71H103N9O14S. The number of alkyl carbamates (subject to hydrolysis) is 1. The van der Waals surface area contributed by atoms with Gasteiger partial charge in [-0.15, -0.1) is 11.3 Å². The second-order valence-electron chi connectivity index (χ2n) is 26.6. The number of nitrogens with two attached hydrogens (primary N) is 1. The molecule has 0 saturated carbocycles. The third kappa shape index (κ3) is 23.6. The number of carbonyl (C=O) groups is 11. The van der Waals surface area contributed by atoms with E-state index in [1.165, 1.54) is 30.6 Å². The van der Waals surface area contributed by atoms with Crippen molar-refractivity contribution < 1.29 is 67.0 Å². The Morgan fingerprint density at radius 3 is 2.09 bits per heavy atom. The number of nitrogens with one attached hydrogen (secondary N) is 4. The van der Waals surface area contributed by atoms with E-state index in [1.54, 1.807) is 77.2 Å². The van der Waals surface area contributed by atoms with Crippen LogP contribution in [0.5, 0.6) is 0 Å². The fraction of sp³-hybridized carbons (Fsp3) is 0.606. The Morgan fingerprint density at radius 2 is 1.49 bits per heavy atom. The number of Topliss-reactive ketones (excluding diaryl/α,β-unsaturated/α-hetero) is 3. The maximum atomic E-state index is 14.8. The lowest BCUT2D eigenvalue weighted by Crippen LogP contribution is -2.55. The third-order valence-electron chi connectivity index (χ3n) is 18.5. The maximum absolute atomic E-state index is 14.8. The van der Waals surface area contributed by atoms with Crippen molar-refractivity contribution in [2.45, 2.75) is 201 Å². The minimum atomic E-state index is -1.47. The van der Waals surface area contributed by atoms with Crippen LogP contribution in [0.2, 0.25) is 0 Å². The topological polar surface area (TPSA) is 312 Å². The number of amides is 9. The van der Waals surface area contributed by atoms with E-state index in [-0.39, 0.29) is 129 Å². The molecule has 0 aliphatic carbocycles. The quantitative estimate of drug-likeness (QED) is 0.0262. The number of thiazole rings is 1. The predicted molar refractivity (Wildman–Crippen MR) is 362 cm³/mol. The number of imide groups is 1. The molecule has 2 aliphatic rings. The summed E-state index contributed by atoms with van der Waals surface area (Å²) in [5.41, 5.74) is 5.83. The largest absolute Gasteiger partial charge is 0.445 e.